The Balaban J connectivity index is 0.00000216. The maximum Gasteiger partial charge on any atom is 0.365 e. The summed E-state index contributed by atoms with van der Waals surface area (Å²) in [7, 11) is 0. The lowest BCUT2D eigenvalue weighted by atomic mass is 10.0. The molecular weight excluding hydrogens is 522 g/mol. The first kappa shape index (κ1) is 30.5. The minimum absolute atomic E-state index is 0.417. The van der Waals surface area contributed by atoms with Crippen molar-refractivity contribution >= 4 is 29.1 Å². The largest absolute Gasteiger partial charge is 0.494 e. The molecule has 0 atom stereocenters. The van der Waals surface area contributed by atoms with Crippen LogP contribution in [0.1, 0.15) is 41.3 Å². The second kappa shape index (κ2) is 16.2. The molecule has 0 bridgehead atoms. The minimum Gasteiger partial charge on any atom is -0.494 e. The number of hydrazine groups is 2. The number of nitrogens with two attached hydrogens (primary N) is 4. The molecule has 0 heterocycles. The van der Waals surface area contributed by atoms with Crippen LogP contribution in [-0.4, -0.2) is 12.6 Å². The zero-order chi connectivity index (χ0) is 28.7. The number of nitrogens with zero attached hydrogens (tertiary/aromatic N) is 1. The number of thioether (sulfide) groups is 1. The molecule has 8 N–H and O–H groups in total. The molecule has 0 radical (unpaired) electrons. The fourth-order valence-electron chi connectivity index (χ4n) is 3.77. The number of unbranched alkanes of at least 4 members (excludes halogenated alkanes) is 1. The normalized spacial score (nSPS) is 10.3. The van der Waals surface area contributed by atoms with E-state index in [1.165, 1.54) is 16.7 Å². The molecule has 0 aromatic heterocycles. The highest BCUT2D eigenvalue weighted by Crippen LogP contribution is 2.25. The lowest BCUT2D eigenvalue weighted by molar-refractivity contribution is 0.0451. The Morgan fingerprint density at radius 3 is 1.93 bits per heavy atom. The van der Waals surface area contributed by atoms with Crippen molar-refractivity contribution < 1.29 is 14.4 Å². The van der Waals surface area contributed by atoms with E-state index in [0.29, 0.717) is 16.9 Å². The Bertz CT molecular complexity index is 1320. The number of hydrogen-bond acceptors (Lipinski definition) is 9. The molecule has 0 saturated carbocycles. The average molecular weight is 560 g/mol. The van der Waals surface area contributed by atoms with Crippen molar-refractivity contribution in [1.82, 2.24) is 0 Å². The summed E-state index contributed by atoms with van der Waals surface area (Å²) in [5, 5.41) is 0.894. The molecule has 210 valence electrons. The number of carbonyl (C=O) groups excluding carboxylic acids is 1. The molecule has 8 nitrogen and oxygen atoms in total. The lowest BCUT2D eigenvalue weighted by Gasteiger charge is -2.18. The zero-order valence-corrected chi connectivity index (χ0v) is 23.5. The van der Waals surface area contributed by atoms with Gasteiger partial charge in [0.15, 0.2) is 0 Å². The Kier molecular flexibility index (Phi) is 12.3. The van der Waals surface area contributed by atoms with Crippen molar-refractivity contribution in [3.63, 3.8) is 0 Å². The summed E-state index contributed by atoms with van der Waals surface area (Å²) in [6.07, 6.45) is 2.20. The summed E-state index contributed by atoms with van der Waals surface area (Å²) in [4.78, 5) is 17.7. The molecular formula is C31H37N5O3S. The van der Waals surface area contributed by atoms with Crippen LogP contribution < -0.4 is 33.2 Å². The van der Waals surface area contributed by atoms with Gasteiger partial charge >= 0.3 is 5.97 Å². The summed E-state index contributed by atoms with van der Waals surface area (Å²) >= 11 is 1.82. The molecule has 40 heavy (non-hydrogen) atoms. The fraction of sp³-hybridized carbons (Fsp3) is 0.194. The summed E-state index contributed by atoms with van der Waals surface area (Å²) in [6, 6.07) is 31.2. The SMILES string of the molecule is CCCCOc1ccc(-c2ccc(CSCc3ccc(C(=O)ON(N)c4ccccc4N)cc3)cc2)cc1.NN. The summed E-state index contributed by atoms with van der Waals surface area (Å²) in [5.41, 5.74) is 11.9. The summed E-state index contributed by atoms with van der Waals surface area (Å²) in [5.74, 6) is 16.0. The number of anilines is 2. The second-order valence-corrected chi connectivity index (χ2v) is 9.86. The van der Waals surface area contributed by atoms with Gasteiger partial charge < -0.3 is 15.3 Å². The number of ether oxygens (including phenoxy) is 1. The first-order valence-corrected chi connectivity index (χ1v) is 14.1. The summed E-state index contributed by atoms with van der Waals surface area (Å²) < 4.78 is 5.75. The molecule has 0 saturated heterocycles. The van der Waals surface area contributed by atoms with Gasteiger partial charge in [-0.25, -0.2) is 10.6 Å². The van der Waals surface area contributed by atoms with E-state index in [1.807, 2.05) is 36.0 Å². The van der Waals surface area contributed by atoms with Crippen molar-refractivity contribution in [3.8, 4) is 16.9 Å². The van der Waals surface area contributed by atoms with Gasteiger partial charge in [0.2, 0.25) is 0 Å². The van der Waals surface area contributed by atoms with Crippen LogP contribution in [0.4, 0.5) is 11.4 Å². The topological polar surface area (TPSA) is 143 Å². The van der Waals surface area contributed by atoms with Gasteiger partial charge in [0.25, 0.3) is 0 Å². The van der Waals surface area contributed by atoms with Crippen LogP contribution in [0.3, 0.4) is 0 Å². The quantitative estimate of drug-likeness (QED) is 0.0730. The Morgan fingerprint density at radius 2 is 1.35 bits per heavy atom. The van der Waals surface area contributed by atoms with Gasteiger partial charge in [-0.3, -0.25) is 11.7 Å². The third-order valence-corrected chi connectivity index (χ3v) is 7.07. The van der Waals surface area contributed by atoms with Gasteiger partial charge in [-0.15, -0.1) is 5.17 Å². The first-order chi connectivity index (χ1) is 19.5. The molecule has 4 aromatic carbocycles. The van der Waals surface area contributed by atoms with Crippen LogP contribution >= 0.6 is 11.8 Å². The number of nitrogen functional groups attached to an aromatic ring is 1. The van der Waals surface area contributed by atoms with Gasteiger partial charge in [0.05, 0.1) is 17.9 Å². The van der Waals surface area contributed by atoms with Crippen LogP contribution in [0.15, 0.2) is 97.1 Å². The van der Waals surface area contributed by atoms with E-state index < -0.39 is 5.97 Å². The molecule has 0 spiro atoms. The predicted octanol–water partition coefficient (Wildman–Crippen LogP) is 5.82. The second-order valence-electron chi connectivity index (χ2n) is 8.88. The van der Waals surface area contributed by atoms with Gasteiger partial charge in [-0.2, -0.15) is 11.8 Å². The van der Waals surface area contributed by atoms with Gasteiger partial charge in [-0.05, 0) is 65.1 Å². The number of carbonyl (C=O) groups is 1. The Morgan fingerprint density at radius 1 is 0.800 bits per heavy atom. The highest BCUT2D eigenvalue weighted by molar-refractivity contribution is 7.97. The van der Waals surface area contributed by atoms with E-state index in [1.54, 1.807) is 36.4 Å². The smallest absolute Gasteiger partial charge is 0.365 e. The van der Waals surface area contributed by atoms with Crippen molar-refractivity contribution in [2.24, 2.45) is 17.5 Å². The molecule has 0 aliphatic rings. The van der Waals surface area contributed by atoms with E-state index in [4.69, 9.17) is 21.2 Å². The monoisotopic (exact) mass is 559 g/mol. The number of hydrogen-bond donors (Lipinski definition) is 4. The molecule has 4 rings (SSSR count). The minimum atomic E-state index is -0.547. The number of rotatable bonds is 12. The van der Waals surface area contributed by atoms with Crippen LogP contribution in [-0.2, 0) is 16.3 Å². The maximum atomic E-state index is 12.5. The van der Waals surface area contributed by atoms with E-state index in [0.717, 1.165) is 47.4 Å². The third-order valence-electron chi connectivity index (χ3n) is 5.99. The molecule has 4 aromatic rings. The van der Waals surface area contributed by atoms with Crippen LogP contribution in [0.25, 0.3) is 11.1 Å². The standard InChI is InChI=1S/C31H33N3O3S.H4N2/c1-2-3-20-36-28-18-16-26(17-19-28)25-12-8-23(9-13-25)21-38-22-24-10-14-27(15-11-24)31(35)37-34(33)30-7-5-4-6-29(30)32;1-2/h4-19H,2-3,20-22,32-33H2,1H3;1-2H2. The highest BCUT2D eigenvalue weighted by Gasteiger charge is 2.14. The van der Waals surface area contributed by atoms with Crippen LogP contribution in [0.5, 0.6) is 5.75 Å². The van der Waals surface area contributed by atoms with Crippen LogP contribution in [0, 0.1) is 0 Å². The van der Waals surface area contributed by atoms with E-state index >= 15 is 0 Å². The van der Waals surface area contributed by atoms with Crippen molar-refractivity contribution in [3.05, 3.63) is 114 Å². The lowest BCUT2D eigenvalue weighted by Crippen LogP contribution is -2.34. The Labute approximate surface area is 240 Å². The number of benzene rings is 4. The fourth-order valence-corrected chi connectivity index (χ4v) is 4.73. The molecule has 0 unspecified atom stereocenters. The van der Waals surface area contributed by atoms with Gasteiger partial charge in [0.1, 0.15) is 11.4 Å². The van der Waals surface area contributed by atoms with E-state index in [9.17, 15) is 4.79 Å². The Hall–Kier alpha value is -4.02. The van der Waals surface area contributed by atoms with Gasteiger partial charge in [0, 0.05) is 11.5 Å². The van der Waals surface area contributed by atoms with E-state index in [-0.39, 0.29) is 0 Å². The molecule has 0 fully saturated rings. The highest BCUT2D eigenvalue weighted by atomic mass is 32.2. The molecule has 0 aliphatic heterocycles. The third kappa shape index (κ3) is 9.03. The average Bonchev–Trinajstić information content (AvgIpc) is 2.99. The summed E-state index contributed by atoms with van der Waals surface area (Å²) in [6.45, 7) is 2.92. The predicted molar refractivity (Wildman–Crippen MR) is 165 cm³/mol. The molecule has 9 heteroatoms. The molecule has 0 aliphatic carbocycles. The first-order valence-electron chi connectivity index (χ1n) is 13.0. The van der Waals surface area contributed by atoms with E-state index in [2.05, 4.69) is 55.0 Å². The van der Waals surface area contributed by atoms with Crippen LogP contribution in [0.2, 0.25) is 0 Å². The maximum absolute atomic E-state index is 12.5. The van der Waals surface area contributed by atoms with Crippen molar-refractivity contribution in [2.75, 3.05) is 17.5 Å². The zero-order valence-electron chi connectivity index (χ0n) is 22.7. The van der Waals surface area contributed by atoms with Crippen molar-refractivity contribution in [1.29, 1.82) is 0 Å². The van der Waals surface area contributed by atoms with Gasteiger partial charge in [-0.1, -0.05) is 74.0 Å². The molecule has 0 amide bonds. The number of para-hydroxylation sites is 2. The van der Waals surface area contributed by atoms with Crippen molar-refractivity contribution in [2.45, 2.75) is 31.3 Å².